The fourth-order valence-electron chi connectivity index (χ4n) is 2.09. The van der Waals surface area contributed by atoms with Gasteiger partial charge in [0.15, 0.2) is 5.96 Å². The first-order valence-electron chi connectivity index (χ1n) is 7.40. The zero-order valence-corrected chi connectivity index (χ0v) is 14.7. The minimum atomic E-state index is 0.750. The van der Waals surface area contributed by atoms with Crippen LogP contribution in [0.15, 0.2) is 29.3 Å². The van der Waals surface area contributed by atoms with Gasteiger partial charge < -0.3 is 19.9 Å². The Morgan fingerprint density at radius 2 is 2.09 bits per heavy atom. The summed E-state index contributed by atoms with van der Waals surface area (Å²) < 4.78 is 5.07. The second-order valence-corrected chi connectivity index (χ2v) is 5.69. The first-order valence-corrected chi connectivity index (χ1v) is 7.78. The highest BCUT2D eigenvalue weighted by molar-refractivity contribution is 6.30. The molecule has 0 aliphatic heterocycles. The minimum absolute atomic E-state index is 0.750. The summed E-state index contributed by atoms with van der Waals surface area (Å²) in [4.78, 5) is 8.63. The van der Waals surface area contributed by atoms with Crippen LogP contribution in [0.2, 0.25) is 5.02 Å². The third-order valence-electron chi connectivity index (χ3n) is 3.34. The average molecular weight is 327 g/mol. The number of benzene rings is 1. The summed E-state index contributed by atoms with van der Waals surface area (Å²) in [6.45, 7) is 4.22. The van der Waals surface area contributed by atoms with E-state index in [0.29, 0.717) is 0 Å². The van der Waals surface area contributed by atoms with Gasteiger partial charge in [0.2, 0.25) is 0 Å². The molecule has 0 radical (unpaired) electrons. The largest absolute Gasteiger partial charge is 0.383 e. The van der Waals surface area contributed by atoms with Crippen molar-refractivity contribution in [3.05, 3.63) is 34.9 Å². The Hall–Kier alpha value is -1.30. The van der Waals surface area contributed by atoms with E-state index in [1.807, 2.05) is 25.2 Å². The summed E-state index contributed by atoms with van der Waals surface area (Å²) >= 11 is 6.02. The van der Waals surface area contributed by atoms with Crippen molar-refractivity contribution in [3.8, 4) is 0 Å². The van der Waals surface area contributed by atoms with Crippen LogP contribution in [0, 0.1) is 0 Å². The first-order chi connectivity index (χ1) is 10.6. The number of guanidine groups is 1. The van der Waals surface area contributed by atoms with Gasteiger partial charge in [-0.3, -0.25) is 4.99 Å². The third kappa shape index (κ3) is 7.11. The Kier molecular flexibility index (Phi) is 8.89. The van der Waals surface area contributed by atoms with E-state index in [-0.39, 0.29) is 0 Å². The molecule has 0 aliphatic carbocycles. The van der Waals surface area contributed by atoms with Crippen LogP contribution < -0.4 is 5.32 Å². The van der Waals surface area contributed by atoms with Crippen LogP contribution in [-0.2, 0) is 11.3 Å². The van der Waals surface area contributed by atoms with Crippen molar-refractivity contribution in [1.29, 1.82) is 0 Å². The molecule has 0 bridgehead atoms. The molecule has 0 heterocycles. The average Bonchev–Trinajstić information content (AvgIpc) is 2.49. The predicted octanol–water partition coefficient (Wildman–Crippen LogP) is 1.93. The molecule has 0 aromatic heterocycles. The number of likely N-dealkylation sites (N-methyl/N-ethyl adjacent to an activating group) is 1. The Morgan fingerprint density at radius 3 is 2.73 bits per heavy atom. The molecule has 6 heteroatoms. The van der Waals surface area contributed by atoms with Gasteiger partial charge in [0.25, 0.3) is 0 Å². The van der Waals surface area contributed by atoms with Crippen molar-refractivity contribution in [2.45, 2.75) is 6.54 Å². The molecule has 0 saturated carbocycles. The number of nitrogens with one attached hydrogen (secondary N) is 1. The molecule has 0 unspecified atom stereocenters. The summed E-state index contributed by atoms with van der Waals surface area (Å²) in [5.41, 5.74) is 1.16. The molecule has 1 N–H and O–H groups in total. The van der Waals surface area contributed by atoms with E-state index < -0.39 is 0 Å². The molecule has 1 aromatic carbocycles. The quantitative estimate of drug-likeness (QED) is 0.585. The van der Waals surface area contributed by atoms with Crippen LogP contribution in [0.5, 0.6) is 0 Å². The molecule has 0 amide bonds. The Morgan fingerprint density at radius 1 is 1.32 bits per heavy atom. The van der Waals surface area contributed by atoms with Gasteiger partial charge >= 0.3 is 0 Å². The van der Waals surface area contributed by atoms with Gasteiger partial charge in [0.05, 0.1) is 6.61 Å². The summed E-state index contributed by atoms with van der Waals surface area (Å²) in [5, 5.41) is 4.13. The van der Waals surface area contributed by atoms with E-state index in [0.717, 1.165) is 49.3 Å². The second-order valence-electron chi connectivity index (χ2n) is 5.26. The molecule has 0 spiro atoms. The van der Waals surface area contributed by atoms with Crippen LogP contribution >= 0.6 is 11.6 Å². The lowest BCUT2D eigenvalue weighted by Gasteiger charge is -2.23. The van der Waals surface area contributed by atoms with E-state index in [2.05, 4.69) is 33.2 Å². The van der Waals surface area contributed by atoms with E-state index in [4.69, 9.17) is 16.3 Å². The fraction of sp³-hybridized carbons (Fsp3) is 0.562. The van der Waals surface area contributed by atoms with Gasteiger partial charge in [-0.25, -0.2) is 0 Å². The maximum Gasteiger partial charge on any atom is 0.193 e. The topological polar surface area (TPSA) is 40.1 Å². The van der Waals surface area contributed by atoms with Crippen molar-refractivity contribution < 1.29 is 4.74 Å². The van der Waals surface area contributed by atoms with Gasteiger partial charge in [-0.1, -0.05) is 23.7 Å². The molecular weight excluding hydrogens is 300 g/mol. The fourth-order valence-corrected chi connectivity index (χ4v) is 2.30. The Bertz CT molecular complexity index is 467. The third-order valence-corrected chi connectivity index (χ3v) is 3.57. The molecular formula is C16H27ClN4O. The zero-order valence-electron chi connectivity index (χ0n) is 14.0. The number of rotatable bonds is 8. The number of hydrogen-bond acceptors (Lipinski definition) is 3. The maximum absolute atomic E-state index is 6.02. The lowest BCUT2D eigenvalue weighted by atomic mass is 10.2. The van der Waals surface area contributed by atoms with Gasteiger partial charge in [-0.15, -0.1) is 0 Å². The molecule has 5 nitrogen and oxygen atoms in total. The Balaban J connectivity index is 2.40. The van der Waals surface area contributed by atoms with Gasteiger partial charge in [0.1, 0.15) is 0 Å². The van der Waals surface area contributed by atoms with Crippen LogP contribution in [0.3, 0.4) is 0 Å². The standard InChI is InChI=1S/C16H27ClN4O/c1-18-16(19-8-9-20(2)10-11-22-4)21(3)13-14-6-5-7-15(17)12-14/h5-7,12H,8-11,13H2,1-4H3,(H,18,19). The molecule has 0 fully saturated rings. The van der Waals surface area contributed by atoms with Crippen LogP contribution in [0.25, 0.3) is 0 Å². The SMILES string of the molecule is CN=C(NCCN(C)CCOC)N(C)Cc1cccc(Cl)c1. The van der Waals surface area contributed by atoms with Crippen LogP contribution in [0.4, 0.5) is 0 Å². The summed E-state index contributed by atoms with van der Waals surface area (Å²) in [6.07, 6.45) is 0. The lowest BCUT2D eigenvalue weighted by Crippen LogP contribution is -2.42. The summed E-state index contributed by atoms with van der Waals surface area (Å²) in [7, 11) is 7.62. The zero-order chi connectivity index (χ0) is 16.4. The molecule has 0 saturated heterocycles. The molecule has 124 valence electrons. The molecule has 0 aliphatic rings. The summed E-state index contributed by atoms with van der Waals surface area (Å²) in [5.74, 6) is 0.875. The summed E-state index contributed by atoms with van der Waals surface area (Å²) in [6, 6.07) is 7.89. The van der Waals surface area contributed by atoms with Gasteiger partial charge in [0, 0.05) is 52.4 Å². The van der Waals surface area contributed by atoms with Crippen LogP contribution in [0.1, 0.15) is 5.56 Å². The monoisotopic (exact) mass is 326 g/mol. The van der Waals surface area contributed by atoms with E-state index in [1.54, 1.807) is 14.2 Å². The van der Waals surface area contributed by atoms with Crippen molar-refractivity contribution >= 4 is 17.6 Å². The number of halogens is 1. The molecule has 22 heavy (non-hydrogen) atoms. The van der Waals surface area contributed by atoms with Gasteiger partial charge in [-0.05, 0) is 24.7 Å². The molecule has 1 aromatic rings. The molecule has 0 atom stereocenters. The number of ether oxygens (including phenoxy) is 1. The normalized spacial score (nSPS) is 11.8. The smallest absolute Gasteiger partial charge is 0.193 e. The van der Waals surface area contributed by atoms with Crippen LogP contribution in [-0.4, -0.2) is 70.3 Å². The maximum atomic E-state index is 6.02. The van der Waals surface area contributed by atoms with E-state index >= 15 is 0 Å². The van der Waals surface area contributed by atoms with Crippen molar-refractivity contribution in [2.24, 2.45) is 4.99 Å². The highest BCUT2D eigenvalue weighted by Gasteiger charge is 2.07. The first kappa shape index (κ1) is 18.7. The van der Waals surface area contributed by atoms with Gasteiger partial charge in [-0.2, -0.15) is 0 Å². The minimum Gasteiger partial charge on any atom is -0.383 e. The number of nitrogens with zero attached hydrogens (tertiary/aromatic N) is 3. The van der Waals surface area contributed by atoms with Crippen molar-refractivity contribution in [3.63, 3.8) is 0 Å². The Labute approximate surface area is 138 Å². The lowest BCUT2D eigenvalue weighted by molar-refractivity contribution is 0.162. The van der Waals surface area contributed by atoms with Crippen molar-refractivity contribution in [2.75, 3.05) is 54.5 Å². The predicted molar refractivity (Wildman–Crippen MR) is 93.7 cm³/mol. The molecule has 1 rings (SSSR count). The van der Waals surface area contributed by atoms with E-state index in [9.17, 15) is 0 Å². The van der Waals surface area contributed by atoms with Crippen molar-refractivity contribution in [1.82, 2.24) is 15.1 Å². The number of hydrogen-bond donors (Lipinski definition) is 1. The highest BCUT2D eigenvalue weighted by Crippen LogP contribution is 2.12. The number of methoxy groups -OCH3 is 1. The highest BCUT2D eigenvalue weighted by atomic mass is 35.5. The number of aliphatic imine (C=N–C) groups is 1. The van der Waals surface area contributed by atoms with E-state index in [1.165, 1.54) is 0 Å². The second kappa shape index (κ2) is 10.4.